The number of aryl methyl sites for hydroxylation is 2. The minimum atomic E-state index is -1.34. The van der Waals surface area contributed by atoms with Crippen molar-refractivity contribution in [3.05, 3.63) is 57.3 Å². The molecule has 0 saturated heterocycles. The van der Waals surface area contributed by atoms with E-state index >= 15 is 0 Å². The maximum Gasteiger partial charge on any atom is 0.372 e. The molecule has 0 radical (unpaired) electrons. The van der Waals surface area contributed by atoms with Crippen molar-refractivity contribution in [2.24, 2.45) is 7.05 Å². The van der Waals surface area contributed by atoms with Gasteiger partial charge in [-0.15, -0.1) is 0 Å². The number of carboxylic acids is 1. The molecule has 0 aliphatic rings. The van der Waals surface area contributed by atoms with Crippen LogP contribution in [0.4, 0.5) is 4.39 Å². The van der Waals surface area contributed by atoms with E-state index in [0.29, 0.717) is 12.0 Å². The highest BCUT2D eigenvalue weighted by Crippen LogP contribution is 2.13. The highest BCUT2D eigenvalue weighted by atomic mass is 19.1. The van der Waals surface area contributed by atoms with Crippen LogP contribution in [0.2, 0.25) is 0 Å². The van der Waals surface area contributed by atoms with Gasteiger partial charge in [0.2, 0.25) is 0 Å². The Labute approximate surface area is 107 Å². The summed E-state index contributed by atoms with van der Waals surface area (Å²) in [5.74, 6) is -1.69. The molecule has 0 unspecified atom stereocenters. The van der Waals surface area contributed by atoms with Crippen LogP contribution in [0.15, 0.2) is 33.6 Å². The first-order valence-electron chi connectivity index (χ1n) is 5.66. The van der Waals surface area contributed by atoms with Gasteiger partial charge in [-0.2, -0.15) is 0 Å². The summed E-state index contributed by atoms with van der Waals surface area (Å²) < 4.78 is 19.3. The quantitative estimate of drug-likeness (QED) is 0.911. The highest BCUT2D eigenvalue weighted by Gasteiger charge is 2.21. The van der Waals surface area contributed by atoms with Crippen molar-refractivity contribution >= 4 is 5.97 Å². The molecule has 100 valence electrons. The van der Waals surface area contributed by atoms with Crippen LogP contribution in [0.5, 0.6) is 0 Å². The Hall–Kier alpha value is -2.37. The van der Waals surface area contributed by atoms with Gasteiger partial charge in [-0.1, -0.05) is 18.2 Å². The summed E-state index contributed by atoms with van der Waals surface area (Å²) in [6.07, 6.45) is 0.505. The monoisotopic (exact) mass is 265 g/mol. The largest absolute Gasteiger partial charge is 0.477 e. The van der Waals surface area contributed by atoms with Gasteiger partial charge in [-0.25, -0.2) is 18.7 Å². The molecule has 1 N–H and O–H groups in total. The van der Waals surface area contributed by atoms with E-state index in [1.54, 1.807) is 18.2 Å². The second kappa shape index (κ2) is 5.09. The fraction of sp³-hybridized carbons (Fsp3) is 0.231. The number of aromatic nitrogens is 1. The number of halogens is 1. The molecule has 0 fully saturated rings. The molecule has 2 rings (SSSR count). The van der Waals surface area contributed by atoms with Gasteiger partial charge in [0.1, 0.15) is 5.82 Å². The standard InChI is InChI=1S/C13H12FNO4/c1-15-10(11(12(16)17)13(18)19-15)7-6-8-4-2-3-5-9(8)14/h2-5H,6-7H2,1H3,(H,16,17). The summed E-state index contributed by atoms with van der Waals surface area (Å²) in [7, 11) is 1.45. The zero-order valence-electron chi connectivity index (χ0n) is 10.2. The molecule has 1 aromatic carbocycles. The number of carbonyl (C=O) groups is 1. The number of rotatable bonds is 4. The Balaban J connectivity index is 2.28. The van der Waals surface area contributed by atoms with Crippen LogP contribution < -0.4 is 5.63 Å². The third-order valence-corrected chi connectivity index (χ3v) is 2.90. The van der Waals surface area contributed by atoms with Crippen LogP contribution in [0.25, 0.3) is 0 Å². The predicted octanol–water partition coefficient (Wildman–Crippen LogP) is 1.60. The van der Waals surface area contributed by atoms with Crippen molar-refractivity contribution in [2.75, 3.05) is 0 Å². The molecule has 0 aliphatic heterocycles. The van der Waals surface area contributed by atoms with Crippen molar-refractivity contribution < 1.29 is 18.8 Å². The van der Waals surface area contributed by atoms with E-state index in [2.05, 4.69) is 0 Å². The van der Waals surface area contributed by atoms with Crippen LogP contribution in [-0.2, 0) is 19.9 Å². The molecule has 6 heteroatoms. The number of benzene rings is 1. The van der Waals surface area contributed by atoms with E-state index in [1.165, 1.54) is 13.1 Å². The lowest BCUT2D eigenvalue weighted by Gasteiger charge is -2.04. The maximum absolute atomic E-state index is 13.4. The Kier molecular flexibility index (Phi) is 3.50. The first-order chi connectivity index (χ1) is 9.00. The molecule has 0 spiro atoms. The highest BCUT2D eigenvalue weighted by molar-refractivity contribution is 5.88. The number of hydrogen-bond acceptors (Lipinski definition) is 3. The molecular formula is C13H12FNO4. The minimum absolute atomic E-state index is 0.213. The summed E-state index contributed by atoms with van der Waals surface area (Å²) in [4.78, 5) is 22.3. The third kappa shape index (κ3) is 2.57. The average Bonchev–Trinajstić information content (AvgIpc) is 2.63. The van der Waals surface area contributed by atoms with Crippen LogP contribution in [-0.4, -0.2) is 15.8 Å². The van der Waals surface area contributed by atoms with Crippen LogP contribution >= 0.6 is 0 Å². The van der Waals surface area contributed by atoms with Gasteiger partial charge < -0.3 is 9.63 Å². The lowest BCUT2D eigenvalue weighted by Crippen LogP contribution is -2.12. The molecule has 2 aromatic rings. The lowest BCUT2D eigenvalue weighted by atomic mass is 10.1. The Morgan fingerprint density at radius 1 is 1.37 bits per heavy atom. The second-order valence-corrected chi connectivity index (χ2v) is 4.09. The van der Waals surface area contributed by atoms with Gasteiger partial charge in [0.15, 0.2) is 5.56 Å². The van der Waals surface area contributed by atoms with Crippen molar-refractivity contribution in [1.29, 1.82) is 0 Å². The van der Waals surface area contributed by atoms with Gasteiger partial charge in [0.25, 0.3) is 0 Å². The van der Waals surface area contributed by atoms with E-state index in [1.807, 2.05) is 0 Å². The first-order valence-corrected chi connectivity index (χ1v) is 5.66. The topological polar surface area (TPSA) is 72.4 Å². The second-order valence-electron chi connectivity index (χ2n) is 4.09. The van der Waals surface area contributed by atoms with E-state index in [0.717, 1.165) is 4.74 Å². The molecule has 0 saturated carbocycles. The Morgan fingerprint density at radius 3 is 2.68 bits per heavy atom. The SMILES string of the molecule is Cn1oc(=O)c(C(=O)O)c1CCc1ccccc1F. The van der Waals surface area contributed by atoms with E-state index in [4.69, 9.17) is 9.63 Å². The summed E-state index contributed by atoms with van der Waals surface area (Å²) in [6.45, 7) is 0. The summed E-state index contributed by atoms with van der Waals surface area (Å²) in [6, 6.07) is 6.23. The zero-order chi connectivity index (χ0) is 14.0. The zero-order valence-corrected chi connectivity index (χ0v) is 10.2. The minimum Gasteiger partial charge on any atom is -0.477 e. The number of carboxylic acid groups (broad SMARTS) is 1. The number of hydrogen-bond donors (Lipinski definition) is 1. The molecule has 5 nitrogen and oxygen atoms in total. The van der Waals surface area contributed by atoms with Gasteiger partial charge in [-0.05, 0) is 24.5 Å². The Bertz CT molecular complexity index is 672. The predicted molar refractivity (Wildman–Crippen MR) is 64.7 cm³/mol. The fourth-order valence-electron chi connectivity index (χ4n) is 1.95. The third-order valence-electron chi connectivity index (χ3n) is 2.90. The van der Waals surface area contributed by atoms with E-state index in [-0.39, 0.29) is 23.5 Å². The van der Waals surface area contributed by atoms with E-state index in [9.17, 15) is 14.0 Å². The van der Waals surface area contributed by atoms with Gasteiger partial charge in [-0.3, -0.25) is 0 Å². The van der Waals surface area contributed by atoms with Gasteiger partial charge in [0, 0.05) is 7.05 Å². The molecule has 0 aliphatic carbocycles. The van der Waals surface area contributed by atoms with Crippen molar-refractivity contribution in [3.63, 3.8) is 0 Å². The van der Waals surface area contributed by atoms with Crippen LogP contribution in [0.3, 0.4) is 0 Å². The smallest absolute Gasteiger partial charge is 0.372 e. The summed E-state index contributed by atoms with van der Waals surface area (Å²) >= 11 is 0. The van der Waals surface area contributed by atoms with Crippen molar-refractivity contribution in [2.45, 2.75) is 12.8 Å². The molecule has 0 atom stereocenters. The van der Waals surface area contributed by atoms with Crippen molar-refractivity contribution in [3.8, 4) is 0 Å². The first kappa shape index (κ1) is 13.1. The maximum atomic E-state index is 13.4. The molecule has 1 aromatic heterocycles. The summed E-state index contributed by atoms with van der Waals surface area (Å²) in [5, 5.41) is 8.96. The van der Waals surface area contributed by atoms with Gasteiger partial charge in [0.05, 0.1) is 5.69 Å². The Morgan fingerprint density at radius 2 is 2.05 bits per heavy atom. The van der Waals surface area contributed by atoms with Crippen LogP contribution in [0.1, 0.15) is 21.6 Å². The molecule has 1 heterocycles. The lowest BCUT2D eigenvalue weighted by molar-refractivity contribution is 0.0693. The average molecular weight is 265 g/mol. The van der Waals surface area contributed by atoms with E-state index < -0.39 is 11.6 Å². The van der Waals surface area contributed by atoms with Crippen LogP contribution in [0, 0.1) is 5.82 Å². The molecule has 0 bridgehead atoms. The summed E-state index contributed by atoms with van der Waals surface area (Å²) in [5.41, 5.74) is -0.564. The molecule has 0 amide bonds. The van der Waals surface area contributed by atoms with Gasteiger partial charge >= 0.3 is 11.6 Å². The normalized spacial score (nSPS) is 10.6. The number of aromatic carboxylic acids is 1. The van der Waals surface area contributed by atoms with Crippen molar-refractivity contribution in [1.82, 2.24) is 4.74 Å². The number of nitrogens with zero attached hydrogens (tertiary/aromatic N) is 1. The molecular weight excluding hydrogens is 253 g/mol. The fourth-order valence-corrected chi connectivity index (χ4v) is 1.95. The molecule has 19 heavy (non-hydrogen) atoms.